The lowest BCUT2D eigenvalue weighted by molar-refractivity contribution is -0.122. The number of nitrogens with zero attached hydrogens (tertiary/aromatic N) is 1. The van der Waals surface area contributed by atoms with Crippen molar-refractivity contribution < 1.29 is 23.9 Å². The third-order valence-corrected chi connectivity index (χ3v) is 6.56. The molecule has 4 aromatic carbocycles. The number of imide groups is 2. The fraction of sp³-hybridized carbons (Fsp3) is 0.0645. The van der Waals surface area contributed by atoms with E-state index in [0.717, 1.165) is 16.0 Å². The minimum Gasteiger partial charge on any atom is -0.489 e. The summed E-state index contributed by atoms with van der Waals surface area (Å²) in [5.41, 5.74) is 2.34. The zero-order valence-electron chi connectivity index (χ0n) is 21.0. The molecule has 0 aliphatic carbocycles. The fourth-order valence-corrected chi connectivity index (χ4v) is 4.63. The predicted molar refractivity (Wildman–Crippen MR) is 153 cm³/mol. The van der Waals surface area contributed by atoms with Gasteiger partial charge in [-0.25, -0.2) is 9.69 Å². The molecule has 1 N–H and O–H groups in total. The van der Waals surface area contributed by atoms with Crippen molar-refractivity contribution in [2.45, 2.75) is 13.2 Å². The molecule has 0 atom stereocenters. The van der Waals surface area contributed by atoms with Crippen LogP contribution in [0.1, 0.15) is 16.7 Å². The number of benzene rings is 4. The molecule has 4 amide bonds. The quantitative estimate of drug-likeness (QED) is 0.185. The van der Waals surface area contributed by atoms with Gasteiger partial charge in [0.05, 0.1) is 15.7 Å². The molecule has 5 rings (SSSR count). The van der Waals surface area contributed by atoms with E-state index in [0.29, 0.717) is 17.9 Å². The molecule has 7 nitrogen and oxygen atoms in total. The van der Waals surface area contributed by atoms with Gasteiger partial charge < -0.3 is 9.47 Å². The minimum absolute atomic E-state index is 0.206. The first-order valence-electron chi connectivity index (χ1n) is 12.2. The number of rotatable bonds is 8. The van der Waals surface area contributed by atoms with Crippen LogP contribution in [0.5, 0.6) is 11.5 Å². The highest BCUT2D eigenvalue weighted by Crippen LogP contribution is 2.36. The molecule has 0 unspecified atom stereocenters. The number of ether oxygens (including phenoxy) is 2. The van der Waals surface area contributed by atoms with Gasteiger partial charge in [-0.05, 0) is 59.2 Å². The number of amides is 4. The van der Waals surface area contributed by atoms with E-state index in [9.17, 15) is 14.4 Å². The van der Waals surface area contributed by atoms with Crippen molar-refractivity contribution in [1.29, 1.82) is 0 Å². The number of anilines is 1. The van der Waals surface area contributed by atoms with Crippen LogP contribution in [-0.2, 0) is 22.8 Å². The van der Waals surface area contributed by atoms with Crippen molar-refractivity contribution in [2.75, 3.05) is 4.90 Å². The van der Waals surface area contributed by atoms with Crippen molar-refractivity contribution in [3.63, 3.8) is 0 Å². The van der Waals surface area contributed by atoms with E-state index in [2.05, 4.69) is 5.32 Å². The highest BCUT2D eigenvalue weighted by atomic mass is 35.5. The van der Waals surface area contributed by atoms with Gasteiger partial charge in [0.15, 0.2) is 5.75 Å². The summed E-state index contributed by atoms with van der Waals surface area (Å²) >= 11 is 12.8. The van der Waals surface area contributed by atoms with Gasteiger partial charge in [-0.2, -0.15) is 0 Å². The molecule has 1 aliphatic heterocycles. The summed E-state index contributed by atoms with van der Waals surface area (Å²) in [5, 5.41) is 2.62. The highest BCUT2D eigenvalue weighted by molar-refractivity contribution is 6.40. The number of carbonyl (C=O) groups is 3. The lowest BCUT2D eigenvalue weighted by atomic mass is 10.1. The molecule has 1 heterocycles. The number of barbiturate groups is 1. The van der Waals surface area contributed by atoms with E-state index in [1.54, 1.807) is 24.3 Å². The Morgan fingerprint density at radius 3 is 1.85 bits per heavy atom. The van der Waals surface area contributed by atoms with Gasteiger partial charge in [-0.3, -0.25) is 14.9 Å². The smallest absolute Gasteiger partial charge is 0.335 e. The summed E-state index contributed by atoms with van der Waals surface area (Å²) in [5.74, 6) is -0.780. The lowest BCUT2D eigenvalue weighted by Crippen LogP contribution is -2.54. The molecule has 9 heteroatoms. The number of carbonyl (C=O) groups excluding carboxylic acids is 3. The Morgan fingerprint density at radius 2 is 1.27 bits per heavy atom. The maximum atomic E-state index is 13.3. The molecular weight excluding hydrogens is 551 g/mol. The van der Waals surface area contributed by atoms with Crippen molar-refractivity contribution in [3.05, 3.63) is 129 Å². The molecule has 1 fully saturated rings. The van der Waals surface area contributed by atoms with Gasteiger partial charge in [-0.15, -0.1) is 0 Å². The van der Waals surface area contributed by atoms with Gasteiger partial charge in [0, 0.05) is 0 Å². The average molecular weight is 573 g/mol. The summed E-state index contributed by atoms with van der Waals surface area (Å²) in [6, 6.07) is 27.8. The van der Waals surface area contributed by atoms with Crippen molar-refractivity contribution in [2.24, 2.45) is 0 Å². The third-order valence-electron chi connectivity index (χ3n) is 6.00. The second-order valence-corrected chi connectivity index (χ2v) is 9.63. The maximum Gasteiger partial charge on any atom is 0.335 e. The summed E-state index contributed by atoms with van der Waals surface area (Å²) in [6.07, 6.45) is 1.33. The molecule has 4 aromatic rings. The van der Waals surface area contributed by atoms with Gasteiger partial charge >= 0.3 is 6.03 Å². The number of hydrogen-bond donors (Lipinski definition) is 1. The topological polar surface area (TPSA) is 84.9 Å². The van der Waals surface area contributed by atoms with Crippen molar-refractivity contribution in [1.82, 2.24) is 5.32 Å². The predicted octanol–water partition coefficient (Wildman–Crippen LogP) is 6.82. The van der Waals surface area contributed by atoms with E-state index in [1.165, 1.54) is 18.2 Å². The SMILES string of the molecule is O=C1NC(=O)N(c2ccc(OCc3ccccc3)cc2)C(=O)/C1=C/c1cc(Cl)c(OCc2ccccc2)c(Cl)c1. The van der Waals surface area contributed by atoms with E-state index in [4.69, 9.17) is 32.7 Å². The van der Waals surface area contributed by atoms with Gasteiger partial charge in [0.1, 0.15) is 24.5 Å². The van der Waals surface area contributed by atoms with E-state index < -0.39 is 17.8 Å². The Hall–Kier alpha value is -4.59. The largest absolute Gasteiger partial charge is 0.489 e. The van der Waals surface area contributed by atoms with Crippen molar-refractivity contribution in [3.8, 4) is 11.5 Å². The Bertz CT molecular complexity index is 1570. The van der Waals surface area contributed by atoms with Crippen molar-refractivity contribution >= 4 is 52.8 Å². The van der Waals surface area contributed by atoms with Gasteiger partial charge in [0.25, 0.3) is 11.8 Å². The monoisotopic (exact) mass is 572 g/mol. The molecule has 0 aromatic heterocycles. The normalized spacial score (nSPS) is 14.3. The first kappa shape index (κ1) is 27.0. The summed E-state index contributed by atoms with van der Waals surface area (Å²) in [6.45, 7) is 0.626. The number of nitrogens with one attached hydrogen (secondary N) is 1. The summed E-state index contributed by atoms with van der Waals surface area (Å²) in [4.78, 5) is 39.4. The Morgan fingerprint density at radius 1 is 0.725 bits per heavy atom. The zero-order valence-corrected chi connectivity index (χ0v) is 22.5. The number of hydrogen-bond acceptors (Lipinski definition) is 5. The van der Waals surface area contributed by atoms with E-state index >= 15 is 0 Å². The van der Waals surface area contributed by atoms with Crippen LogP contribution in [0.25, 0.3) is 6.08 Å². The van der Waals surface area contributed by atoms with E-state index in [-0.39, 0.29) is 33.7 Å². The molecular formula is C31H22Cl2N2O5. The molecule has 1 aliphatic rings. The standard InChI is InChI=1S/C31H22Cl2N2O5/c32-26-16-22(17-27(33)28(26)40-19-21-9-5-2-6-10-21)15-25-29(36)34-31(38)35(30(25)37)23-11-13-24(14-12-23)39-18-20-7-3-1-4-8-20/h1-17H,18-19H2,(H,34,36,38)/b25-15+. The minimum atomic E-state index is -0.856. The fourth-order valence-electron chi connectivity index (χ4n) is 4.02. The maximum absolute atomic E-state index is 13.3. The Balaban J connectivity index is 1.33. The van der Waals surface area contributed by atoms with Gasteiger partial charge in [-0.1, -0.05) is 83.9 Å². The van der Waals surface area contributed by atoms with Crippen LogP contribution in [0.3, 0.4) is 0 Å². The molecule has 40 heavy (non-hydrogen) atoms. The first-order chi connectivity index (χ1) is 19.4. The molecule has 0 bridgehead atoms. The van der Waals surface area contributed by atoms with Crippen LogP contribution in [-0.4, -0.2) is 17.8 Å². The number of urea groups is 1. The van der Waals surface area contributed by atoms with Crippen LogP contribution >= 0.6 is 23.2 Å². The summed E-state index contributed by atoms with van der Waals surface area (Å²) < 4.78 is 11.6. The second-order valence-electron chi connectivity index (χ2n) is 8.81. The second kappa shape index (κ2) is 12.1. The molecule has 0 radical (unpaired) electrons. The molecule has 200 valence electrons. The highest BCUT2D eigenvalue weighted by Gasteiger charge is 2.36. The Kier molecular flexibility index (Phi) is 8.15. The van der Waals surface area contributed by atoms with Crippen LogP contribution in [0, 0.1) is 0 Å². The molecule has 0 spiro atoms. The lowest BCUT2D eigenvalue weighted by Gasteiger charge is -2.26. The van der Waals surface area contributed by atoms with E-state index in [1.807, 2.05) is 60.7 Å². The third kappa shape index (κ3) is 6.17. The molecule has 0 saturated carbocycles. The van der Waals surface area contributed by atoms with Crippen LogP contribution in [0.2, 0.25) is 10.0 Å². The van der Waals surface area contributed by atoms with Crippen LogP contribution in [0.15, 0.2) is 103 Å². The van der Waals surface area contributed by atoms with Gasteiger partial charge in [0.2, 0.25) is 0 Å². The Labute approximate surface area is 240 Å². The van der Waals surface area contributed by atoms with Crippen LogP contribution < -0.4 is 19.7 Å². The first-order valence-corrected chi connectivity index (χ1v) is 13.0. The molecule has 1 saturated heterocycles. The van der Waals surface area contributed by atoms with Crippen LogP contribution in [0.4, 0.5) is 10.5 Å². The number of halogens is 2. The summed E-state index contributed by atoms with van der Waals surface area (Å²) in [7, 11) is 0. The average Bonchev–Trinajstić information content (AvgIpc) is 2.95. The zero-order chi connectivity index (χ0) is 28.1.